The first-order valence-corrected chi connectivity index (χ1v) is 18.0. The van der Waals surface area contributed by atoms with E-state index in [4.69, 9.17) is 38.2 Å². The SMILES string of the molecule is O=C(O)COc1ccc(SCCCc2ccc(-c3ccc(CCCSc4ccc(CC(=O)O)c(Cl)c4)c(C(F)(F)F)c3)cc2C(F)(F)F)cc1Cl. The third-order valence-corrected chi connectivity index (χ3v) is 10.3. The molecule has 0 aromatic heterocycles. The minimum absolute atomic E-state index is 0.0103. The van der Waals surface area contributed by atoms with Crippen LogP contribution in [0.2, 0.25) is 10.0 Å². The second-order valence-corrected chi connectivity index (χ2v) is 14.4. The third kappa shape index (κ3) is 12.0. The van der Waals surface area contributed by atoms with E-state index in [-0.39, 0.29) is 57.3 Å². The van der Waals surface area contributed by atoms with E-state index < -0.39 is 42.0 Å². The Kier molecular flexibility index (Phi) is 14.1. The van der Waals surface area contributed by atoms with E-state index in [1.165, 1.54) is 53.9 Å². The van der Waals surface area contributed by atoms with Crippen LogP contribution in [0.5, 0.6) is 5.75 Å². The minimum atomic E-state index is -4.73. The number of halogens is 8. The zero-order valence-corrected chi connectivity index (χ0v) is 29.7. The Balaban J connectivity index is 1.41. The Bertz CT molecular complexity index is 1870. The number of benzene rings is 4. The van der Waals surface area contributed by atoms with Crippen LogP contribution in [0, 0.1) is 0 Å². The lowest BCUT2D eigenvalue weighted by molar-refractivity contribution is -0.139. The van der Waals surface area contributed by atoms with Crippen LogP contribution in [0.1, 0.15) is 40.7 Å². The van der Waals surface area contributed by atoms with Crippen molar-refractivity contribution in [2.45, 2.75) is 54.2 Å². The molecule has 4 aromatic rings. The normalized spacial score (nSPS) is 11.8. The summed E-state index contributed by atoms with van der Waals surface area (Å²) in [5, 5.41) is 18.2. The molecule has 0 aliphatic carbocycles. The van der Waals surface area contributed by atoms with E-state index in [1.807, 2.05) is 0 Å². The van der Waals surface area contributed by atoms with Crippen LogP contribution < -0.4 is 4.74 Å². The van der Waals surface area contributed by atoms with Crippen LogP contribution in [0.25, 0.3) is 11.1 Å². The fourth-order valence-corrected chi connectivity index (χ4v) is 7.52. The molecule has 4 aromatic carbocycles. The van der Waals surface area contributed by atoms with Gasteiger partial charge in [-0.05, 0) is 107 Å². The van der Waals surface area contributed by atoms with Gasteiger partial charge in [-0.3, -0.25) is 4.79 Å². The van der Waals surface area contributed by atoms with E-state index in [0.717, 1.165) is 17.0 Å². The number of hydrogen-bond donors (Lipinski definition) is 2. The number of ether oxygens (including phenoxy) is 1. The first-order valence-electron chi connectivity index (χ1n) is 15.3. The van der Waals surface area contributed by atoms with Crippen LogP contribution in [0.4, 0.5) is 26.3 Å². The smallest absolute Gasteiger partial charge is 0.416 e. The van der Waals surface area contributed by atoms with Crippen molar-refractivity contribution in [3.05, 3.63) is 111 Å². The second-order valence-electron chi connectivity index (χ2n) is 11.2. The number of thioether (sulfide) groups is 2. The Hall–Kier alpha value is -3.52. The Morgan fingerprint density at radius 3 is 1.53 bits per heavy atom. The minimum Gasteiger partial charge on any atom is -0.481 e. The first kappa shape index (κ1) is 40.3. The van der Waals surface area contributed by atoms with Crippen molar-refractivity contribution >= 4 is 58.7 Å². The van der Waals surface area contributed by atoms with E-state index in [9.17, 15) is 35.9 Å². The molecule has 0 bridgehead atoms. The molecule has 0 atom stereocenters. The maximum Gasteiger partial charge on any atom is 0.416 e. The number of aryl methyl sites for hydroxylation is 2. The molecule has 0 unspecified atom stereocenters. The molecule has 51 heavy (non-hydrogen) atoms. The van der Waals surface area contributed by atoms with Gasteiger partial charge in [-0.2, -0.15) is 26.3 Å². The fraction of sp³-hybridized carbons (Fsp3) is 0.278. The van der Waals surface area contributed by atoms with Gasteiger partial charge in [0.2, 0.25) is 0 Å². The van der Waals surface area contributed by atoms with Crippen LogP contribution >= 0.6 is 46.7 Å². The summed E-state index contributed by atoms with van der Waals surface area (Å²) in [5.41, 5.74) is -1.32. The molecule has 5 nitrogen and oxygen atoms in total. The number of carboxylic acids is 2. The van der Waals surface area contributed by atoms with Gasteiger partial charge in [0.05, 0.1) is 22.6 Å². The molecule has 0 saturated heterocycles. The standard InChI is InChI=1S/C36H30Cl2F6O5S2/c37-30-18-26(10-9-25(30)17-33(45)46)50-13-1-3-21-5-7-23(15-28(21)35(39,40)41)24-8-6-22(29(16-24)36(42,43)44)4-2-14-51-27-11-12-32(31(38)19-27)49-20-34(47)48/h5-12,15-16,18-19H,1-4,13-14,17,20H2,(H,45,46)(H,47,48). The fourth-order valence-electron chi connectivity index (χ4n) is 5.13. The highest BCUT2D eigenvalue weighted by Gasteiger charge is 2.35. The van der Waals surface area contributed by atoms with Crippen molar-refractivity contribution in [1.29, 1.82) is 0 Å². The summed E-state index contributed by atoms with van der Waals surface area (Å²) in [6.07, 6.45) is -8.82. The highest BCUT2D eigenvalue weighted by molar-refractivity contribution is 7.99. The van der Waals surface area contributed by atoms with Gasteiger partial charge >= 0.3 is 24.3 Å². The number of hydrogen-bond acceptors (Lipinski definition) is 5. The van der Waals surface area contributed by atoms with Crippen molar-refractivity contribution in [2.75, 3.05) is 18.1 Å². The summed E-state index contributed by atoms with van der Waals surface area (Å²) in [7, 11) is 0. The molecule has 272 valence electrons. The molecule has 15 heteroatoms. The summed E-state index contributed by atoms with van der Waals surface area (Å²) in [6.45, 7) is -0.560. The molecule has 0 saturated carbocycles. The predicted molar refractivity (Wildman–Crippen MR) is 187 cm³/mol. The summed E-state index contributed by atoms with van der Waals surface area (Å²) >= 11 is 15.0. The monoisotopic (exact) mass is 790 g/mol. The summed E-state index contributed by atoms with van der Waals surface area (Å²) in [6, 6.07) is 16.8. The van der Waals surface area contributed by atoms with Crippen LogP contribution in [0.3, 0.4) is 0 Å². The molecule has 0 aliphatic rings. The molecule has 2 N–H and O–H groups in total. The van der Waals surface area contributed by atoms with E-state index >= 15 is 0 Å². The van der Waals surface area contributed by atoms with Crippen molar-refractivity contribution in [2.24, 2.45) is 0 Å². The largest absolute Gasteiger partial charge is 0.481 e. The molecule has 0 radical (unpaired) electrons. The quantitative estimate of drug-likeness (QED) is 0.0664. The predicted octanol–water partition coefficient (Wildman–Crippen LogP) is 11.2. The molecule has 0 amide bonds. The number of carboxylic acid groups (broad SMARTS) is 2. The highest BCUT2D eigenvalue weighted by atomic mass is 35.5. The lowest BCUT2D eigenvalue weighted by Gasteiger charge is -2.17. The van der Waals surface area contributed by atoms with Gasteiger partial charge in [-0.25, -0.2) is 4.79 Å². The van der Waals surface area contributed by atoms with Gasteiger partial charge in [0, 0.05) is 14.8 Å². The van der Waals surface area contributed by atoms with Crippen molar-refractivity contribution in [3.8, 4) is 16.9 Å². The average molecular weight is 792 g/mol. The zero-order valence-electron chi connectivity index (χ0n) is 26.5. The van der Waals surface area contributed by atoms with Gasteiger partial charge in [-0.1, -0.05) is 53.5 Å². The zero-order chi connectivity index (χ0) is 37.3. The highest BCUT2D eigenvalue weighted by Crippen LogP contribution is 2.39. The van der Waals surface area contributed by atoms with Crippen molar-refractivity contribution in [1.82, 2.24) is 0 Å². The van der Waals surface area contributed by atoms with Gasteiger partial charge < -0.3 is 14.9 Å². The Morgan fingerprint density at radius 1 is 0.627 bits per heavy atom. The lowest BCUT2D eigenvalue weighted by Crippen LogP contribution is -2.11. The topological polar surface area (TPSA) is 83.8 Å². The molecular formula is C36H30Cl2F6O5S2. The maximum absolute atomic E-state index is 14.2. The number of carbonyl (C=O) groups is 2. The Morgan fingerprint density at radius 2 is 1.10 bits per heavy atom. The maximum atomic E-state index is 14.2. The van der Waals surface area contributed by atoms with Gasteiger partial charge in [0.25, 0.3) is 0 Å². The number of alkyl halides is 6. The van der Waals surface area contributed by atoms with Crippen LogP contribution in [-0.2, 0) is 41.2 Å². The molecule has 0 heterocycles. The van der Waals surface area contributed by atoms with Crippen molar-refractivity contribution in [3.63, 3.8) is 0 Å². The third-order valence-electron chi connectivity index (χ3n) is 7.50. The molecule has 0 aliphatic heterocycles. The van der Waals surface area contributed by atoms with Crippen molar-refractivity contribution < 1.29 is 50.9 Å². The molecule has 0 fully saturated rings. The van der Waals surface area contributed by atoms with Crippen LogP contribution in [0.15, 0.2) is 82.6 Å². The van der Waals surface area contributed by atoms with E-state index in [2.05, 4.69) is 0 Å². The van der Waals surface area contributed by atoms with Crippen LogP contribution in [-0.4, -0.2) is 40.3 Å². The van der Waals surface area contributed by atoms with Gasteiger partial charge in [-0.15, -0.1) is 23.5 Å². The number of aliphatic carboxylic acids is 2. The molecule has 0 spiro atoms. The van der Waals surface area contributed by atoms with Gasteiger partial charge in [0.15, 0.2) is 6.61 Å². The first-order chi connectivity index (χ1) is 24.0. The molecular weight excluding hydrogens is 761 g/mol. The average Bonchev–Trinajstić information content (AvgIpc) is 3.05. The van der Waals surface area contributed by atoms with Gasteiger partial charge in [0.1, 0.15) is 5.75 Å². The summed E-state index contributed by atoms with van der Waals surface area (Å²) in [5.74, 6) is -1.11. The summed E-state index contributed by atoms with van der Waals surface area (Å²) in [4.78, 5) is 23.1. The molecule has 4 rings (SSSR count). The summed E-state index contributed by atoms with van der Waals surface area (Å²) < 4.78 is 90.0. The van der Waals surface area contributed by atoms with E-state index in [1.54, 1.807) is 30.3 Å². The lowest BCUT2D eigenvalue weighted by atomic mass is 9.93. The number of rotatable bonds is 16. The second kappa shape index (κ2) is 17.8. The Labute approximate surface area is 308 Å². The van der Waals surface area contributed by atoms with E-state index in [0.29, 0.717) is 34.8 Å².